The molecule has 0 N–H and O–H groups in total. The van der Waals surface area contributed by atoms with Crippen LogP contribution in [0.25, 0.3) is 10.8 Å². The van der Waals surface area contributed by atoms with Gasteiger partial charge in [0.15, 0.2) is 5.82 Å². The van der Waals surface area contributed by atoms with Gasteiger partial charge in [-0.1, -0.05) is 12.0 Å². The van der Waals surface area contributed by atoms with Gasteiger partial charge in [-0.25, -0.2) is 13.2 Å². The number of fused-ring (bicyclic) bond motifs is 1. The first kappa shape index (κ1) is 25.4. The van der Waals surface area contributed by atoms with E-state index in [9.17, 15) is 26.3 Å². The molecular formula is C27H26F6O2. The molecule has 1 saturated heterocycles. The van der Waals surface area contributed by atoms with Crippen LogP contribution in [0.4, 0.5) is 26.3 Å². The first-order chi connectivity index (χ1) is 16.6. The Labute approximate surface area is 200 Å². The van der Waals surface area contributed by atoms with Crippen LogP contribution in [0.2, 0.25) is 0 Å². The van der Waals surface area contributed by atoms with Crippen LogP contribution in [0.15, 0.2) is 30.9 Å². The number of alkyl halides is 3. The van der Waals surface area contributed by atoms with Crippen LogP contribution in [0, 0.1) is 47.0 Å². The summed E-state index contributed by atoms with van der Waals surface area (Å²) < 4.78 is 92.2. The SMILES string of the molecule is C=CC1CCC(C2CCC(COc3cc(F)c4c(F)c(C#CC(F)(F)F)c(F)cc4c3)CC2)OC1. The normalized spacial score (nSPS) is 25.1. The predicted octanol–water partition coefficient (Wildman–Crippen LogP) is 7.34. The van der Waals surface area contributed by atoms with Crippen molar-refractivity contribution < 1.29 is 35.8 Å². The molecular weight excluding hydrogens is 470 g/mol. The molecule has 1 saturated carbocycles. The molecule has 2 atom stereocenters. The second kappa shape index (κ2) is 10.5. The molecule has 2 fully saturated rings. The maximum Gasteiger partial charge on any atom is 0.458 e. The fourth-order valence-electron chi connectivity index (χ4n) is 5.01. The highest BCUT2D eigenvalue weighted by molar-refractivity contribution is 5.86. The number of halogens is 6. The van der Waals surface area contributed by atoms with Crippen molar-refractivity contribution in [2.24, 2.45) is 17.8 Å². The zero-order chi connectivity index (χ0) is 25.2. The van der Waals surface area contributed by atoms with Crippen molar-refractivity contribution in [1.29, 1.82) is 0 Å². The molecule has 0 radical (unpaired) electrons. The monoisotopic (exact) mass is 496 g/mol. The minimum absolute atomic E-state index is 0.108. The van der Waals surface area contributed by atoms with E-state index < -0.39 is 34.6 Å². The minimum atomic E-state index is -4.93. The van der Waals surface area contributed by atoms with Gasteiger partial charge < -0.3 is 9.47 Å². The van der Waals surface area contributed by atoms with Gasteiger partial charge in [-0.2, -0.15) is 13.2 Å². The third-order valence-electron chi connectivity index (χ3n) is 6.97. The number of rotatable bonds is 5. The lowest BCUT2D eigenvalue weighted by atomic mass is 9.77. The highest BCUT2D eigenvalue weighted by Crippen LogP contribution is 2.37. The van der Waals surface area contributed by atoms with E-state index in [1.54, 1.807) is 0 Å². The molecule has 0 spiro atoms. The summed E-state index contributed by atoms with van der Waals surface area (Å²) >= 11 is 0. The lowest BCUT2D eigenvalue weighted by Crippen LogP contribution is -2.34. The maximum atomic E-state index is 14.6. The van der Waals surface area contributed by atoms with Gasteiger partial charge in [0.2, 0.25) is 0 Å². The van der Waals surface area contributed by atoms with Crippen molar-refractivity contribution in [3.63, 3.8) is 0 Å². The molecule has 2 aromatic rings. The molecule has 1 aliphatic carbocycles. The smallest absolute Gasteiger partial charge is 0.458 e. The van der Waals surface area contributed by atoms with Gasteiger partial charge in [-0.15, -0.1) is 6.58 Å². The zero-order valence-corrected chi connectivity index (χ0v) is 19.1. The van der Waals surface area contributed by atoms with E-state index in [0.29, 0.717) is 18.4 Å². The molecule has 0 amide bonds. The van der Waals surface area contributed by atoms with Crippen LogP contribution in [-0.4, -0.2) is 25.5 Å². The van der Waals surface area contributed by atoms with E-state index >= 15 is 0 Å². The number of hydrogen-bond donors (Lipinski definition) is 0. The van der Waals surface area contributed by atoms with Crippen LogP contribution in [-0.2, 0) is 4.74 Å². The topological polar surface area (TPSA) is 18.5 Å². The maximum absolute atomic E-state index is 14.6. The molecule has 2 aromatic carbocycles. The Morgan fingerprint density at radius 3 is 2.37 bits per heavy atom. The average molecular weight is 496 g/mol. The van der Waals surface area contributed by atoms with E-state index in [0.717, 1.165) is 63.2 Å². The molecule has 2 unspecified atom stereocenters. The largest absolute Gasteiger partial charge is 0.493 e. The second-order valence-corrected chi connectivity index (χ2v) is 9.34. The standard InChI is InChI=1S/C27H26F6O2/c1-2-16-5-8-24(35-14-16)18-6-3-17(4-7-18)15-34-20-11-19-12-22(28)21(9-10-27(31,32)33)26(30)25(19)23(29)13-20/h2,11-13,16-18,24H,1,3-8,14-15H2. The van der Waals surface area contributed by atoms with E-state index in [-0.39, 0.29) is 23.2 Å². The van der Waals surface area contributed by atoms with Gasteiger partial charge in [0, 0.05) is 17.9 Å². The highest BCUT2D eigenvalue weighted by Gasteiger charge is 2.31. The lowest BCUT2D eigenvalue weighted by Gasteiger charge is -2.37. The highest BCUT2D eigenvalue weighted by atomic mass is 19.4. The fraction of sp³-hybridized carbons (Fsp3) is 0.481. The molecule has 1 heterocycles. The molecule has 8 heteroatoms. The molecule has 0 aromatic heterocycles. The summed E-state index contributed by atoms with van der Waals surface area (Å²) in [6, 6.07) is 3.01. The Kier molecular flexibility index (Phi) is 7.65. The molecule has 0 bridgehead atoms. The van der Waals surface area contributed by atoms with Gasteiger partial charge >= 0.3 is 6.18 Å². The van der Waals surface area contributed by atoms with Gasteiger partial charge in [0.05, 0.1) is 30.3 Å². The van der Waals surface area contributed by atoms with Crippen LogP contribution in [0.3, 0.4) is 0 Å². The van der Waals surface area contributed by atoms with Gasteiger partial charge in [-0.05, 0) is 67.9 Å². The van der Waals surface area contributed by atoms with E-state index in [2.05, 4.69) is 6.58 Å². The van der Waals surface area contributed by atoms with E-state index in [1.165, 1.54) is 12.0 Å². The van der Waals surface area contributed by atoms with Crippen molar-refractivity contribution in [2.45, 2.75) is 50.8 Å². The summed E-state index contributed by atoms with van der Waals surface area (Å²) in [4.78, 5) is 0. The summed E-state index contributed by atoms with van der Waals surface area (Å²) in [6.45, 7) is 4.89. The average Bonchev–Trinajstić information content (AvgIpc) is 2.82. The van der Waals surface area contributed by atoms with Crippen LogP contribution >= 0.6 is 0 Å². The second-order valence-electron chi connectivity index (χ2n) is 9.34. The molecule has 4 rings (SSSR count). The first-order valence-electron chi connectivity index (χ1n) is 11.7. The van der Waals surface area contributed by atoms with Crippen molar-refractivity contribution in [1.82, 2.24) is 0 Å². The van der Waals surface area contributed by atoms with Gasteiger partial charge in [0.1, 0.15) is 17.4 Å². The molecule has 188 valence electrons. The summed E-state index contributed by atoms with van der Waals surface area (Å²) in [5.74, 6) is -0.278. The zero-order valence-electron chi connectivity index (χ0n) is 19.1. The number of benzene rings is 2. The first-order valence-corrected chi connectivity index (χ1v) is 11.7. The Morgan fingerprint density at radius 2 is 1.74 bits per heavy atom. The van der Waals surface area contributed by atoms with Crippen molar-refractivity contribution in [3.05, 3.63) is 53.9 Å². The van der Waals surface area contributed by atoms with Crippen molar-refractivity contribution >= 4 is 10.8 Å². The third-order valence-corrected chi connectivity index (χ3v) is 6.97. The van der Waals surface area contributed by atoms with Crippen LogP contribution < -0.4 is 4.74 Å². The Morgan fingerprint density at radius 1 is 1.00 bits per heavy atom. The van der Waals surface area contributed by atoms with Crippen molar-refractivity contribution in [3.8, 4) is 17.6 Å². The predicted molar refractivity (Wildman–Crippen MR) is 120 cm³/mol. The van der Waals surface area contributed by atoms with Crippen LogP contribution in [0.1, 0.15) is 44.1 Å². The van der Waals surface area contributed by atoms with Gasteiger partial charge in [-0.3, -0.25) is 0 Å². The lowest BCUT2D eigenvalue weighted by molar-refractivity contribution is -0.0696. The number of hydrogen-bond acceptors (Lipinski definition) is 2. The Balaban J connectivity index is 1.39. The molecule has 2 nitrogen and oxygen atoms in total. The summed E-state index contributed by atoms with van der Waals surface area (Å²) in [6.07, 6.45) is 3.34. The summed E-state index contributed by atoms with van der Waals surface area (Å²) in [5, 5.41) is -0.777. The van der Waals surface area contributed by atoms with E-state index in [4.69, 9.17) is 9.47 Å². The quantitative estimate of drug-likeness (QED) is 0.245. The van der Waals surface area contributed by atoms with E-state index in [1.807, 2.05) is 6.08 Å². The van der Waals surface area contributed by atoms with Gasteiger partial charge in [0.25, 0.3) is 0 Å². The third kappa shape index (κ3) is 6.13. The molecule has 2 aliphatic rings. The molecule has 1 aliphatic heterocycles. The summed E-state index contributed by atoms with van der Waals surface area (Å²) in [7, 11) is 0. The Hall–Kier alpha value is -2.66. The molecule has 35 heavy (non-hydrogen) atoms. The van der Waals surface area contributed by atoms with Crippen molar-refractivity contribution in [2.75, 3.05) is 13.2 Å². The minimum Gasteiger partial charge on any atom is -0.493 e. The van der Waals surface area contributed by atoms with Crippen LogP contribution in [0.5, 0.6) is 5.75 Å². The summed E-state index contributed by atoms with van der Waals surface area (Å²) in [5.41, 5.74) is -1.12. The number of ether oxygens (including phenoxy) is 2. The fourth-order valence-corrected chi connectivity index (χ4v) is 5.01. The Bertz CT molecular complexity index is 1130.